The third-order valence-corrected chi connectivity index (χ3v) is 2.65. The van der Waals surface area contributed by atoms with E-state index in [0.29, 0.717) is 12.4 Å². The fourth-order valence-corrected chi connectivity index (χ4v) is 2.46. The minimum atomic E-state index is -0.0511. The lowest BCUT2D eigenvalue weighted by atomic mass is 10.2. The SMILES string of the molecule is C=CCOc1c(Br)cc(Br)cc1CO. The number of hydrogen-bond donors (Lipinski definition) is 1. The van der Waals surface area contributed by atoms with Crippen LogP contribution in [-0.4, -0.2) is 11.7 Å². The molecule has 0 fully saturated rings. The van der Waals surface area contributed by atoms with E-state index < -0.39 is 0 Å². The van der Waals surface area contributed by atoms with E-state index in [1.807, 2.05) is 12.1 Å². The van der Waals surface area contributed by atoms with Crippen molar-refractivity contribution in [3.8, 4) is 5.75 Å². The van der Waals surface area contributed by atoms with Gasteiger partial charge in [-0.3, -0.25) is 0 Å². The molecule has 0 unspecified atom stereocenters. The number of hydrogen-bond acceptors (Lipinski definition) is 2. The first-order valence-corrected chi connectivity index (χ1v) is 5.60. The molecule has 0 radical (unpaired) electrons. The van der Waals surface area contributed by atoms with Crippen LogP contribution in [0.15, 0.2) is 33.7 Å². The summed E-state index contributed by atoms with van der Waals surface area (Å²) in [6, 6.07) is 3.70. The molecule has 0 aromatic heterocycles. The third kappa shape index (κ3) is 2.83. The first-order valence-electron chi connectivity index (χ1n) is 4.01. The summed E-state index contributed by atoms with van der Waals surface area (Å²) in [4.78, 5) is 0. The van der Waals surface area contributed by atoms with Crippen molar-refractivity contribution in [2.24, 2.45) is 0 Å². The van der Waals surface area contributed by atoms with Crippen LogP contribution >= 0.6 is 31.9 Å². The Kier molecular flexibility index (Phi) is 4.65. The molecule has 1 aromatic rings. The molecular weight excluding hydrogens is 312 g/mol. The minimum Gasteiger partial charge on any atom is -0.488 e. The van der Waals surface area contributed by atoms with E-state index in [0.717, 1.165) is 14.5 Å². The molecule has 14 heavy (non-hydrogen) atoms. The van der Waals surface area contributed by atoms with Gasteiger partial charge in [0.15, 0.2) is 0 Å². The Labute approximate surface area is 99.8 Å². The maximum absolute atomic E-state index is 9.12. The van der Waals surface area contributed by atoms with Crippen LogP contribution in [-0.2, 0) is 6.61 Å². The zero-order valence-electron chi connectivity index (χ0n) is 7.46. The predicted octanol–water partition coefficient (Wildman–Crippen LogP) is 3.27. The molecule has 1 aromatic carbocycles. The second-order valence-corrected chi connectivity index (χ2v) is 4.40. The largest absolute Gasteiger partial charge is 0.488 e. The van der Waals surface area contributed by atoms with Crippen molar-refractivity contribution in [1.82, 2.24) is 0 Å². The van der Waals surface area contributed by atoms with Gasteiger partial charge in [-0.05, 0) is 28.1 Å². The van der Waals surface area contributed by atoms with Crippen LogP contribution in [0.25, 0.3) is 0 Å². The fourth-order valence-electron chi connectivity index (χ4n) is 1.03. The summed E-state index contributed by atoms with van der Waals surface area (Å²) in [5.74, 6) is 0.663. The van der Waals surface area contributed by atoms with Crippen LogP contribution in [0, 0.1) is 0 Å². The standard InChI is InChI=1S/C10H10Br2O2/c1-2-3-14-10-7(6-13)4-8(11)5-9(10)12/h2,4-5,13H,1,3,6H2. The van der Waals surface area contributed by atoms with E-state index in [4.69, 9.17) is 9.84 Å². The van der Waals surface area contributed by atoms with Gasteiger partial charge >= 0.3 is 0 Å². The molecule has 76 valence electrons. The zero-order valence-corrected chi connectivity index (χ0v) is 10.6. The highest BCUT2D eigenvalue weighted by Gasteiger charge is 2.08. The van der Waals surface area contributed by atoms with Crippen molar-refractivity contribution < 1.29 is 9.84 Å². The number of halogens is 2. The molecule has 2 nitrogen and oxygen atoms in total. The van der Waals surface area contributed by atoms with Gasteiger partial charge in [0.2, 0.25) is 0 Å². The molecule has 0 amide bonds. The van der Waals surface area contributed by atoms with Gasteiger partial charge in [0.1, 0.15) is 12.4 Å². The van der Waals surface area contributed by atoms with Crippen LogP contribution in [0.1, 0.15) is 5.56 Å². The lowest BCUT2D eigenvalue weighted by Gasteiger charge is -2.11. The summed E-state index contributed by atoms with van der Waals surface area (Å²) < 4.78 is 7.14. The van der Waals surface area contributed by atoms with Crippen LogP contribution < -0.4 is 4.74 Å². The van der Waals surface area contributed by atoms with E-state index in [1.165, 1.54) is 0 Å². The normalized spacial score (nSPS) is 9.93. The van der Waals surface area contributed by atoms with Gasteiger partial charge in [0.05, 0.1) is 11.1 Å². The topological polar surface area (TPSA) is 29.5 Å². The van der Waals surface area contributed by atoms with Crippen molar-refractivity contribution in [3.63, 3.8) is 0 Å². The Balaban J connectivity index is 3.04. The maximum Gasteiger partial charge on any atom is 0.139 e. The molecule has 1 N–H and O–H groups in total. The molecule has 0 aliphatic carbocycles. The molecular formula is C10H10Br2O2. The molecule has 4 heteroatoms. The van der Waals surface area contributed by atoms with Crippen molar-refractivity contribution in [3.05, 3.63) is 39.3 Å². The van der Waals surface area contributed by atoms with Gasteiger partial charge in [-0.15, -0.1) is 0 Å². The molecule has 0 atom stereocenters. The Hall–Kier alpha value is -0.320. The number of ether oxygens (including phenoxy) is 1. The van der Waals surface area contributed by atoms with E-state index in [1.54, 1.807) is 6.08 Å². The van der Waals surface area contributed by atoms with Crippen LogP contribution in [0.3, 0.4) is 0 Å². The average Bonchev–Trinajstić information content (AvgIpc) is 2.15. The van der Waals surface area contributed by atoms with Crippen molar-refractivity contribution in [2.75, 3.05) is 6.61 Å². The van der Waals surface area contributed by atoms with E-state index in [9.17, 15) is 0 Å². The Morgan fingerprint density at radius 1 is 1.43 bits per heavy atom. The predicted molar refractivity (Wildman–Crippen MR) is 63.5 cm³/mol. The van der Waals surface area contributed by atoms with Crippen LogP contribution in [0.2, 0.25) is 0 Å². The third-order valence-electron chi connectivity index (χ3n) is 1.60. The molecule has 0 aliphatic heterocycles. The number of aliphatic hydroxyl groups excluding tert-OH is 1. The minimum absolute atomic E-state index is 0.0511. The van der Waals surface area contributed by atoms with Gasteiger partial charge in [-0.1, -0.05) is 28.6 Å². The monoisotopic (exact) mass is 320 g/mol. The quantitative estimate of drug-likeness (QED) is 0.862. The summed E-state index contributed by atoms with van der Waals surface area (Å²) in [5, 5.41) is 9.12. The number of aliphatic hydroxyl groups is 1. The van der Waals surface area contributed by atoms with E-state index in [-0.39, 0.29) is 6.61 Å². The summed E-state index contributed by atoms with van der Waals surface area (Å²) >= 11 is 6.71. The molecule has 0 saturated heterocycles. The van der Waals surface area contributed by atoms with Crippen molar-refractivity contribution >= 4 is 31.9 Å². The average molecular weight is 322 g/mol. The van der Waals surface area contributed by atoms with Gasteiger partial charge in [-0.2, -0.15) is 0 Å². The second-order valence-electron chi connectivity index (χ2n) is 2.63. The highest BCUT2D eigenvalue weighted by molar-refractivity contribution is 9.11. The van der Waals surface area contributed by atoms with Gasteiger partial charge in [0.25, 0.3) is 0 Å². The first kappa shape index (κ1) is 11.8. The van der Waals surface area contributed by atoms with E-state index in [2.05, 4.69) is 38.4 Å². The number of rotatable bonds is 4. The first-order chi connectivity index (χ1) is 6.69. The summed E-state index contributed by atoms with van der Waals surface area (Å²) in [7, 11) is 0. The molecule has 0 bridgehead atoms. The van der Waals surface area contributed by atoms with Gasteiger partial charge in [0, 0.05) is 10.0 Å². The Bertz CT molecular complexity index is 337. The Morgan fingerprint density at radius 2 is 2.14 bits per heavy atom. The Morgan fingerprint density at radius 3 is 2.71 bits per heavy atom. The highest BCUT2D eigenvalue weighted by atomic mass is 79.9. The molecule has 1 rings (SSSR count). The smallest absolute Gasteiger partial charge is 0.139 e. The maximum atomic E-state index is 9.12. The summed E-state index contributed by atoms with van der Waals surface area (Å²) in [6.07, 6.45) is 1.66. The lowest BCUT2D eigenvalue weighted by molar-refractivity contribution is 0.269. The lowest BCUT2D eigenvalue weighted by Crippen LogP contribution is -1.98. The highest BCUT2D eigenvalue weighted by Crippen LogP contribution is 2.32. The van der Waals surface area contributed by atoms with Crippen molar-refractivity contribution in [1.29, 1.82) is 0 Å². The molecule has 0 saturated carbocycles. The zero-order chi connectivity index (χ0) is 10.6. The molecule has 0 spiro atoms. The number of benzene rings is 1. The van der Waals surface area contributed by atoms with Crippen LogP contribution in [0.5, 0.6) is 5.75 Å². The molecule has 0 heterocycles. The second kappa shape index (κ2) is 5.53. The van der Waals surface area contributed by atoms with Gasteiger partial charge in [-0.25, -0.2) is 0 Å². The summed E-state index contributed by atoms with van der Waals surface area (Å²) in [6.45, 7) is 3.94. The van der Waals surface area contributed by atoms with Crippen molar-refractivity contribution in [2.45, 2.75) is 6.61 Å². The summed E-state index contributed by atoms with van der Waals surface area (Å²) in [5.41, 5.74) is 0.744. The fraction of sp³-hybridized carbons (Fsp3) is 0.200. The molecule has 0 aliphatic rings. The van der Waals surface area contributed by atoms with Crippen LogP contribution in [0.4, 0.5) is 0 Å². The van der Waals surface area contributed by atoms with Gasteiger partial charge < -0.3 is 9.84 Å². The van der Waals surface area contributed by atoms with E-state index >= 15 is 0 Å².